The highest BCUT2D eigenvalue weighted by Crippen LogP contribution is 2.27. The highest BCUT2D eigenvalue weighted by atomic mass is 19.1. The third kappa shape index (κ3) is 3.33. The second-order valence-corrected chi connectivity index (χ2v) is 5.91. The molecule has 7 heteroatoms. The minimum Gasteiger partial charge on any atom is -0.331 e. The largest absolute Gasteiger partial charge is 0.331 e. The molecule has 0 N–H and O–H groups in total. The zero-order chi connectivity index (χ0) is 16.6. The Labute approximate surface area is 133 Å². The fraction of sp³-hybridized carbons (Fsp3) is 0.438. The van der Waals surface area contributed by atoms with Gasteiger partial charge in [0.1, 0.15) is 25.6 Å². The molecule has 0 atom stereocenters. The van der Waals surface area contributed by atoms with Crippen molar-refractivity contribution in [3.63, 3.8) is 0 Å². The van der Waals surface area contributed by atoms with Gasteiger partial charge in [0.2, 0.25) is 17.7 Å². The van der Waals surface area contributed by atoms with Crippen LogP contribution in [0, 0.1) is 5.82 Å². The molecule has 2 aliphatic rings. The molecule has 1 aliphatic heterocycles. The van der Waals surface area contributed by atoms with Crippen molar-refractivity contribution in [1.82, 2.24) is 9.80 Å². The van der Waals surface area contributed by atoms with Crippen molar-refractivity contribution in [1.29, 1.82) is 0 Å². The molecule has 0 radical (unpaired) electrons. The van der Waals surface area contributed by atoms with E-state index in [1.165, 1.54) is 41.0 Å². The first kappa shape index (κ1) is 15.5. The Morgan fingerprint density at radius 3 is 2.48 bits per heavy atom. The molecule has 0 spiro atoms. The molecular formula is C16H18FN3O3. The molecule has 1 saturated heterocycles. The number of carbonyl (C=O) groups excluding carboxylic acids is 3. The predicted molar refractivity (Wildman–Crippen MR) is 80.9 cm³/mol. The molecule has 23 heavy (non-hydrogen) atoms. The summed E-state index contributed by atoms with van der Waals surface area (Å²) < 4.78 is 13.0. The SMILES string of the molecule is CC(=O)N(CC(=O)N1CC(=O)N(c2ccc(F)cc2)C1)C1CC1. The minimum absolute atomic E-state index is 0.00450. The summed E-state index contributed by atoms with van der Waals surface area (Å²) in [4.78, 5) is 40.5. The van der Waals surface area contributed by atoms with Gasteiger partial charge in [-0.1, -0.05) is 0 Å². The van der Waals surface area contributed by atoms with Gasteiger partial charge in [-0.15, -0.1) is 0 Å². The maximum absolute atomic E-state index is 13.0. The van der Waals surface area contributed by atoms with Crippen LogP contribution in [-0.4, -0.2) is 53.3 Å². The monoisotopic (exact) mass is 319 g/mol. The molecule has 3 rings (SSSR count). The van der Waals surface area contributed by atoms with Crippen LogP contribution in [0.15, 0.2) is 24.3 Å². The van der Waals surface area contributed by atoms with E-state index in [2.05, 4.69) is 0 Å². The first-order valence-electron chi connectivity index (χ1n) is 7.56. The summed E-state index contributed by atoms with van der Waals surface area (Å²) in [7, 11) is 0. The summed E-state index contributed by atoms with van der Waals surface area (Å²) in [5, 5.41) is 0. The Kier molecular flexibility index (Phi) is 4.02. The Hall–Kier alpha value is -2.44. The van der Waals surface area contributed by atoms with E-state index in [1.54, 1.807) is 4.90 Å². The molecule has 3 amide bonds. The van der Waals surface area contributed by atoms with E-state index in [-0.39, 0.29) is 49.3 Å². The highest BCUT2D eigenvalue weighted by Gasteiger charge is 2.36. The number of rotatable bonds is 4. The average molecular weight is 319 g/mol. The van der Waals surface area contributed by atoms with Gasteiger partial charge in [0.25, 0.3) is 0 Å². The molecule has 1 heterocycles. The van der Waals surface area contributed by atoms with Crippen LogP contribution < -0.4 is 4.90 Å². The molecule has 1 aromatic carbocycles. The van der Waals surface area contributed by atoms with Gasteiger partial charge in [0.05, 0.1) is 0 Å². The second kappa shape index (κ2) is 5.98. The lowest BCUT2D eigenvalue weighted by molar-refractivity contribution is -0.139. The maximum Gasteiger partial charge on any atom is 0.248 e. The van der Waals surface area contributed by atoms with E-state index in [9.17, 15) is 18.8 Å². The van der Waals surface area contributed by atoms with Crippen molar-refractivity contribution < 1.29 is 18.8 Å². The average Bonchev–Trinajstić information content (AvgIpc) is 3.27. The van der Waals surface area contributed by atoms with Crippen LogP contribution in [0.4, 0.5) is 10.1 Å². The molecule has 2 fully saturated rings. The van der Waals surface area contributed by atoms with Crippen LogP contribution in [-0.2, 0) is 14.4 Å². The number of carbonyl (C=O) groups is 3. The Balaban J connectivity index is 1.65. The second-order valence-electron chi connectivity index (χ2n) is 5.91. The number of anilines is 1. The third-order valence-electron chi connectivity index (χ3n) is 4.13. The van der Waals surface area contributed by atoms with Crippen molar-refractivity contribution in [3.05, 3.63) is 30.1 Å². The fourth-order valence-electron chi connectivity index (χ4n) is 2.69. The van der Waals surface area contributed by atoms with Crippen LogP contribution in [0.1, 0.15) is 19.8 Å². The lowest BCUT2D eigenvalue weighted by atomic mass is 10.3. The normalized spacial score (nSPS) is 17.6. The zero-order valence-corrected chi connectivity index (χ0v) is 12.9. The molecular weight excluding hydrogens is 301 g/mol. The van der Waals surface area contributed by atoms with Crippen LogP contribution in [0.5, 0.6) is 0 Å². The molecule has 122 valence electrons. The molecule has 0 aromatic heterocycles. The number of nitrogens with zero attached hydrogens (tertiary/aromatic N) is 3. The van der Waals surface area contributed by atoms with Gasteiger partial charge >= 0.3 is 0 Å². The number of hydrogen-bond acceptors (Lipinski definition) is 3. The van der Waals surface area contributed by atoms with Crippen LogP contribution in [0.25, 0.3) is 0 Å². The predicted octanol–water partition coefficient (Wildman–Crippen LogP) is 0.969. The van der Waals surface area contributed by atoms with Gasteiger partial charge in [-0.3, -0.25) is 19.3 Å². The first-order valence-corrected chi connectivity index (χ1v) is 7.56. The molecule has 1 aliphatic carbocycles. The Morgan fingerprint density at radius 2 is 1.91 bits per heavy atom. The van der Waals surface area contributed by atoms with E-state index in [0.29, 0.717) is 5.69 Å². The van der Waals surface area contributed by atoms with Gasteiger partial charge in [0, 0.05) is 18.7 Å². The van der Waals surface area contributed by atoms with E-state index >= 15 is 0 Å². The van der Waals surface area contributed by atoms with Crippen molar-refractivity contribution in [2.24, 2.45) is 0 Å². The molecule has 0 bridgehead atoms. The molecule has 6 nitrogen and oxygen atoms in total. The summed E-state index contributed by atoms with van der Waals surface area (Å²) in [5.41, 5.74) is 0.553. The third-order valence-corrected chi connectivity index (χ3v) is 4.13. The zero-order valence-electron chi connectivity index (χ0n) is 12.9. The van der Waals surface area contributed by atoms with Crippen LogP contribution >= 0.6 is 0 Å². The van der Waals surface area contributed by atoms with Gasteiger partial charge in [-0.2, -0.15) is 0 Å². The first-order chi connectivity index (χ1) is 11.0. The lowest BCUT2D eigenvalue weighted by Gasteiger charge is -2.23. The van der Waals surface area contributed by atoms with E-state index in [1.807, 2.05) is 0 Å². The summed E-state index contributed by atoms with van der Waals surface area (Å²) >= 11 is 0. The molecule has 1 aromatic rings. The minimum atomic E-state index is -0.380. The van der Waals surface area contributed by atoms with Crippen molar-refractivity contribution in [2.75, 3.05) is 24.7 Å². The van der Waals surface area contributed by atoms with Gasteiger partial charge in [-0.05, 0) is 37.1 Å². The van der Waals surface area contributed by atoms with E-state index in [4.69, 9.17) is 0 Å². The maximum atomic E-state index is 13.0. The quantitative estimate of drug-likeness (QED) is 0.831. The number of halogens is 1. The Bertz CT molecular complexity index is 642. The summed E-state index contributed by atoms with van der Waals surface area (Å²) in [5.74, 6) is -0.965. The van der Waals surface area contributed by atoms with Crippen molar-refractivity contribution >= 4 is 23.4 Å². The van der Waals surface area contributed by atoms with Crippen LogP contribution in [0.2, 0.25) is 0 Å². The van der Waals surface area contributed by atoms with Gasteiger partial charge in [-0.25, -0.2) is 4.39 Å². The number of benzene rings is 1. The fourth-order valence-corrected chi connectivity index (χ4v) is 2.69. The topological polar surface area (TPSA) is 60.9 Å². The molecule has 1 saturated carbocycles. The smallest absolute Gasteiger partial charge is 0.248 e. The lowest BCUT2D eigenvalue weighted by Crippen LogP contribution is -2.43. The standard InChI is InChI=1S/C16H18FN3O3/c1-11(21)19(13-6-7-13)9-15(22)18-8-16(23)20(10-18)14-4-2-12(17)3-5-14/h2-5,13H,6-10H2,1H3. The van der Waals surface area contributed by atoms with Crippen molar-refractivity contribution in [2.45, 2.75) is 25.8 Å². The van der Waals surface area contributed by atoms with Gasteiger partial charge < -0.3 is 9.80 Å². The summed E-state index contributed by atoms with van der Waals surface area (Å²) in [6.07, 6.45) is 1.85. The summed E-state index contributed by atoms with van der Waals surface area (Å²) in [6.45, 7) is 1.56. The number of hydrogen-bond donors (Lipinski definition) is 0. The highest BCUT2D eigenvalue weighted by molar-refractivity contribution is 6.00. The van der Waals surface area contributed by atoms with Gasteiger partial charge in [0.15, 0.2) is 0 Å². The summed E-state index contributed by atoms with van der Waals surface area (Å²) in [6, 6.07) is 5.72. The van der Waals surface area contributed by atoms with E-state index in [0.717, 1.165) is 12.8 Å². The van der Waals surface area contributed by atoms with Crippen molar-refractivity contribution in [3.8, 4) is 0 Å². The Morgan fingerprint density at radius 1 is 1.26 bits per heavy atom. The van der Waals surface area contributed by atoms with Crippen LogP contribution in [0.3, 0.4) is 0 Å². The molecule has 0 unspecified atom stereocenters. The van der Waals surface area contributed by atoms with E-state index < -0.39 is 0 Å². The number of amides is 3.